The van der Waals surface area contributed by atoms with Gasteiger partial charge < -0.3 is 9.52 Å². The van der Waals surface area contributed by atoms with E-state index in [0.717, 1.165) is 4.21 Å². The Kier molecular flexibility index (Phi) is 4.28. The zero-order chi connectivity index (χ0) is 10.4. The van der Waals surface area contributed by atoms with E-state index < -0.39 is 5.97 Å². The van der Waals surface area contributed by atoms with Crippen LogP contribution in [0, 0.1) is 0 Å². The minimum absolute atomic E-state index is 0.0231. The largest absolute Gasteiger partial charge is 0.475 e. The fourth-order valence-corrected chi connectivity index (χ4v) is 1.39. The summed E-state index contributed by atoms with van der Waals surface area (Å²) in [5.74, 6) is -1.06. The van der Waals surface area contributed by atoms with Gasteiger partial charge in [0.1, 0.15) is 0 Å². The van der Waals surface area contributed by atoms with E-state index in [0.29, 0.717) is 0 Å². The maximum absolute atomic E-state index is 9.97. The predicted octanol–water partition coefficient (Wildman–Crippen LogP) is 3.01. The van der Waals surface area contributed by atoms with Gasteiger partial charge in [0.2, 0.25) is 5.76 Å². The molecule has 0 radical (unpaired) electrons. The summed E-state index contributed by atoms with van der Waals surface area (Å²) in [6, 6.07) is 6.87. The van der Waals surface area contributed by atoms with Gasteiger partial charge in [-0.05, 0) is 23.6 Å². The molecular weight excluding hydrogens is 220 g/mol. The standard InChI is InChI=1S/C5H4O3.C4H4S2/c6-5(7)4-2-1-3-8-4;5-4-2-1-3-6-4/h1-3H,(H,6,7);1-3,5H. The summed E-state index contributed by atoms with van der Waals surface area (Å²) < 4.78 is 5.57. The molecule has 74 valence electrons. The van der Waals surface area contributed by atoms with Gasteiger partial charge in [0, 0.05) is 0 Å². The lowest BCUT2D eigenvalue weighted by molar-refractivity contribution is 0.0662. The molecule has 5 heteroatoms. The van der Waals surface area contributed by atoms with Crippen LogP contribution in [0.3, 0.4) is 0 Å². The molecule has 3 nitrogen and oxygen atoms in total. The molecule has 0 amide bonds. The van der Waals surface area contributed by atoms with Crippen molar-refractivity contribution in [1.29, 1.82) is 0 Å². The molecule has 2 heterocycles. The van der Waals surface area contributed by atoms with Crippen LogP contribution in [-0.2, 0) is 0 Å². The smallest absolute Gasteiger partial charge is 0.371 e. The summed E-state index contributed by atoms with van der Waals surface area (Å²) in [6.45, 7) is 0. The number of rotatable bonds is 1. The van der Waals surface area contributed by atoms with Crippen molar-refractivity contribution in [2.75, 3.05) is 0 Å². The van der Waals surface area contributed by atoms with E-state index >= 15 is 0 Å². The molecule has 0 saturated carbocycles. The van der Waals surface area contributed by atoms with E-state index in [2.05, 4.69) is 17.0 Å². The minimum Gasteiger partial charge on any atom is -0.475 e. The Morgan fingerprint density at radius 1 is 1.43 bits per heavy atom. The van der Waals surface area contributed by atoms with Crippen LogP contribution in [0.1, 0.15) is 10.6 Å². The molecule has 0 spiro atoms. The van der Waals surface area contributed by atoms with E-state index in [4.69, 9.17) is 5.11 Å². The molecule has 0 aromatic carbocycles. The second-order valence-electron chi connectivity index (χ2n) is 2.23. The zero-order valence-corrected chi connectivity index (χ0v) is 8.79. The number of carbonyl (C=O) groups is 1. The molecule has 0 aliphatic heterocycles. The highest BCUT2D eigenvalue weighted by Crippen LogP contribution is 2.11. The van der Waals surface area contributed by atoms with Crippen molar-refractivity contribution >= 4 is 29.9 Å². The zero-order valence-electron chi connectivity index (χ0n) is 7.08. The van der Waals surface area contributed by atoms with Crippen LogP contribution in [0.25, 0.3) is 0 Å². The third kappa shape index (κ3) is 3.68. The van der Waals surface area contributed by atoms with Gasteiger partial charge in [-0.2, -0.15) is 0 Å². The van der Waals surface area contributed by atoms with Crippen LogP contribution < -0.4 is 0 Å². The van der Waals surface area contributed by atoms with Gasteiger partial charge in [0.05, 0.1) is 10.5 Å². The van der Waals surface area contributed by atoms with Crippen molar-refractivity contribution in [3.8, 4) is 0 Å². The molecule has 0 atom stereocenters. The first-order valence-corrected chi connectivity index (χ1v) is 5.02. The van der Waals surface area contributed by atoms with Gasteiger partial charge in [-0.15, -0.1) is 24.0 Å². The van der Waals surface area contributed by atoms with Crippen LogP contribution in [0.5, 0.6) is 0 Å². The van der Waals surface area contributed by atoms with E-state index in [-0.39, 0.29) is 5.76 Å². The topological polar surface area (TPSA) is 50.4 Å². The average molecular weight is 228 g/mol. The fourth-order valence-electron chi connectivity index (χ4n) is 0.670. The summed E-state index contributed by atoms with van der Waals surface area (Å²) in [4.78, 5) is 9.97. The summed E-state index contributed by atoms with van der Waals surface area (Å²) in [6.07, 6.45) is 1.32. The number of carboxylic acid groups (broad SMARTS) is 1. The number of hydrogen-bond donors (Lipinski definition) is 2. The SMILES string of the molecule is O=C(O)c1ccco1.Sc1cccs1. The lowest BCUT2D eigenvalue weighted by atomic mass is 10.5. The molecule has 0 saturated heterocycles. The van der Waals surface area contributed by atoms with E-state index in [9.17, 15) is 4.79 Å². The van der Waals surface area contributed by atoms with Crippen LogP contribution in [0.2, 0.25) is 0 Å². The summed E-state index contributed by atoms with van der Waals surface area (Å²) in [5.41, 5.74) is 0. The van der Waals surface area contributed by atoms with E-state index in [1.54, 1.807) is 11.3 Å². The minimum atomic E-state index is -1.03. The second kappa shape index (κ2) is 5.51. The Morgan fingerprint density at radius 3 is 2.43 bits per heavy atom. The molecule has 0 bridgehead atoms. The third-order valence-corrected chi connectivity index (χ3v) is 2.37. The normalized spacial score (nSPS) is 8.93. The quantitative estimate of drug-likeness (QED) is 0.738. The van der Waals surface area contributed by atoms with Gasteiger partial charge in [0.25, 0.3) is 0 Å². The predicted molar refractivity (Wildman–Crippen MR) is 57.2 cm³/mol. The monoisotopic (exact) mass is 228 g/mol. The maximum Gasteiger partial charge on any atom is 0.371 e. The van der Waals surface area contributed by atoms with Gasteiger partial charge in [-0.3, -0.25) is 0 Å². The molecule has 14 heavy (non-hydrogen) atoms. The number of carboxylic acids is 1. The Balaban J connectivity index is 0.000000146. The van der Waals surface area contributed by atoms with Crippen LogP contribution in [-0.4, -0.2) is 11.1 Å². The number of aromatic carboxylic acids is 1. The first kappa shape index (κ1) is 10.9. The lowest BCUT2D eigenvalue weighted by Gasteiger charge is -1.79. The highest BCUT2D eigenvalue weighted by Gasteiger charge is 2.01. The summed E-state index contributed by atoms with van der Waals surface area (Å²) in [7, 11) is 0. The van der Waals surface area contributed by atoms with Crippen LogP contribution in [0.15, 0.2) is 44.5 Å². The Bertz CT molecular complexity index is 365. The molecule has 2 rings (SSSR count). The third-order valence-electron chi connectivity index (χ3n) is 1.24. The van der Waals surface area contributed by atoms with Gasteiger partial charge in [-0.25, -0.2) is 4.79 Å². The molecular formula is C9H8O3S2. The van der Waals surface area contributed by atoms with E-state index in [1.807, 2.05) is 17.5 Å². The van der Waals surface area contributed by atoms with Crippen molar-refractivity contribution in [2.24, 2.45) is 0 Å². The molecule has 2 aromatic rings. The van der Waals surface area contributed by atoms with Gasteiger partial charge in [0.15, 0.2) is 0 Å². The van der Waals surface area contributed by atoms with Crippen molar-refractivity contribution in [3.05, 3.63) is 41.7 Å². The van der Waals surface area contributed by atoms with Crippen molar-refractivity contribution in [1.82, 2.24) is 0 Å². The highest BCUT2D eigenvalue weighted by atomic mass is 32.2. The molecule has 0 aliphatic rings. The van der Waals surface area contributed by atoms with Crippen LogP contribution in [0.4, 0.5) is 0 Å². The Hall–Kier alpha value is -1.20. The number of hydrogen-bond acceptors (Lipinski definition) is 4. The van der Waals surface area contributed by atoms with Gasteiger partial charge >= 0.3 is 5.97 Å². The molecule has 2 aromatic heterocycles. The lowest BCUT2D eigenvalue weighted by Crippen LogP contribution is -1.90. The average Bonchev–Trinajstić information content (AvgIpc) is 2.75. The fraction of sp³-hybridized carbons (Fsp3) is 0. The van der Waals surface area contributed by atoms with Crippen LogP contribution >= 0.6 is 24.0 Å². The number of thiophene rings is 1. The van der Waals surface area contributed by atoms with Gasteiger partial charge in [-0.1, -0.05) is 6.07 Å². The van der Waals surface area contributed by atoms with E-state index in [1.165, 1.54) is 18.4 Å². The second-order valence-corrected chi connectivity index (χ2v) is 3.97. The van der Waals surface area contributed by atoms with Crippen molar-refractivity contribution in [2.45, 2.75) is 4.21 Å². The first-order chi connectivity index (χ1) is 6.70. The maximum atomic E-state index is 9.97. The van der Waals surface area contributed by atoms with Crippen molar-refractivity contribution in [3.63, 3.8) is 0 Å². The molecule has 0 fully saturated rings. The Labute approximate surface area is 90.4 Å². The number of furan rings is 1. The summed E-state index contributed by atoms with van der Waals surface area (Å²) in [5, 5.41) is 10.2. The molecule has 1 N–H and O–H groups in total. The molecule has 0 unspecified atom stereocenters. The molecule has 0 aliphatic carbocycles. The van der Waals surface area contributed by atoms with Crippen molar-refractivity contribution < 1.29 is 14.3 Å². The first-order valence-electron chi connectivity index (χ1n) is 3.69. The summed E-state index contributed by atoms with van der Waals surface area (Å²) >= 11 is 5.70. The Morgan fingerprint density at radius 2 is 2.21 bits per heavy atom. The number of thiol groups is 1. The highest BCUT2D eigenvalue weighted by molar-refractivity contribution is 7.82.